The Morgan fingerprint density at radius 1 is 1.08 bits per heavy atom. The lowest BCUT2D eigenvalue weighted by Gasteiger charge is -2.29. The molecule has 1 N–H and O–H groups in total. The highest BCUT2D eigenvalue weighted by molar-refractivity contribution is 6.06. The van der Waals surface area contributed by atoms with Crippen molar-refractivity contribution in [2.24, 2.45) is 5.16 Å². The van der Waals surface area contributed by atoms with Gasteiger partial charge >= 0.3 is 12.0 Å². The molecule has 0 saturated carbocycles. The first-order valence-electron chi connectivity index (χ1n) is 7.11. The number of hydrogen-bond acceptors (Lipinski definition) is 4. The van der Waals surface area contributed by atoms with Crippen LogP contribution in [0.3, 0.4) is 0 Å². The molecule has 4 nitrogen and oxygen atoms in total. The first-order chi connectivity index (χ1) is 11.4. The zero-order valence-corrected chi connectivity index (χ0v) is 12.6. The molecule has 0 aromatic heterocycles. The third kappa shape index (κ3) is 2.60. The van der Waals surface area contributed by atoms with Gasteiger partial charge in [-0.05, 0) is 29.8 Å². The fraction of sp³-hybridized carbons (Fsp3) is 0.235. The van der Waals surface area contributed by atoms with Crippen LogP contribution >= 0.6 is 0 Å². The molecule has 0 bridgehead atoms. The van der Waals surface area contributed by atoms with E-state index in [-0.39, 0.29) is 11.3 Å². The number of alkyl halides is 3. The van der Waals surface area contributed by atoms with Crippen LogP contribution < -0.4 is 4.74 Å². The van der Waals surface area contributed by atoms with Crippen LogP contribution in [-0.2, 0) is 4.84 Å². The quantitative estimate of drug-likeness (QED) is 0.933. The molecule has 2 aromatic rings. The fourth-order valence-corrected chi connectivity index (χ4v) is 2.64. The lowest BCUT2D eigenvalue weighted by atomic mass is 9.83. The molecular weight excluding hydrogens is 323 g/mol. The number of benzene rings is 2. The summed E-state index contributed by atoms with van der Waals surface area (Å²) < 4.78 is 45.3. The molecule has 2 unspecified atom stereocenters. The highest BCUT2D eigenvalue weighted by atomic mass is 19.4. The highest BCUT2D eigenvalue weighted by Crippen LogP contribution is 2.47. The molecule has 0 saturated heterocycles. The Labute approximate surface area is 136 Å². The summed E-state index contributed by atoms with van der Waals surface area (Å²) in [6.45, 7) is 0. The molecule has 2 aromatic carbocycles. The Hall–Kier alpha value is -2.54. The van der Waals surface area contributed by atoms with Crippen LogP contribution in [0.5, 0.6) is 5.75 Å². The molecule has 0 spiro atoms. The SMILES string of the molecule is COc1ccc(C2=NOC(O)(C(F)(F)F)C2c2ccccc2)cc1. The van der Waals surface area contributed by atoms with Gasteiger partial charge in [-0.15, -0.1) is 0 Å². The number of aliphatic hydroxyl groups is 1. The van der Waals surface area contributed by atoms with Crippen LogP contribution in [0.4, 0.5) is 13.2 Å². The summed E-state index contributed by atoms with van der Waals surface area (Å²) in [5, 5.41) is 13.7. The average Bonchev–Trinajstić information content (AvgIpc) is 2.94. The smallest absolute Gasteiger partial charge is 0.458 e. The van der Waals surface area contributed by atoms with E-state index in [1.807, 2.05) is 0 Å². The maximum atomic E-state index is 13.4. The zero-order valence-electron chi connectivity index (χ0n) is 12.6. The van der Waals surface area contributed by atoms with Crippen LogP contribution in [-0.4, -0.2) is 29.9 Å². The monoisotopic (exact) mass is 337 g/mol. The van der Waals surface area contributed by atoms with Gasteiger partial charge in [0.05, 0.1) is 7.11 Å². The van der Waals surface area contributed by atoms with E-state index in [4.69, 9.17) is 4.74 Å². The van der Waals surface area contributed by atoms with Gasteiger partial charge in [-0.1, -0.05) is 35.5 Å². The van der Waals surface area contributed by atoms with Crippen molar-refractivity contribution in [2.75, 3.05) is 7.11 Å². The molecule has 126 valence electrons. The second kappa shape index (κ2) is 5.83. The van der Waals surface area contributed by atoms with Crippen LogP contribution in [0, 0.1) is 0 Å². The fourth-order valence-electron chi connectivity index (χ4n) is 2.64. The van der Waals surface area contributed by atoms with Crippen molar-refractivity contribution in [1.29, 1.82) is 0 Å². The molecule has 1 aliphatic heterocycles. The van der Waals surface area contributed by atoms with E-state index in [1.54, 1.807) is 42.5 Å². The average molecular weight is 337 g/mol. The summed E-state index contributed by atoms with van der Waals surface area (Å²) in [6.07, 6.45) is -5.01. The molecule has 2 atom stereocenters. The summed E-state index contributed by atoms with van der Waals surface area (Å²) in [4.78, 5) is 4.48. The predicted octanol–water partition coefficient (Wildman–Crippen LogP) is 3.46. The topological polar surface area (TPSA) is 51.0 Å². The number of nitrogens with zero attached hydrogens (tertiary/aromatic N) is 1. The molecule has 0 aliphatic carbocycles. The zero-order chi connectivity index (χ0) is 17.4. The Kier molecular flexibility index (Phi) is 3.96. The summed E-state index contributed by atoms with van der Waals surface area (Å²) in [5.41, 5.74) is 0.665. The second-order valence-electron chi connectivity index (χ2n) is 5.33. The van der Waals surface area contributed by atoms with E-state index >= 15 is 0 Å². The van der Waals surface area contributed by atoms with Crippen molar-refractivity contribution >= 4 is 5.71 Å². The number of oxime groups is 1. The minimum atomic E-state index is -5.01. The normalized spacial score (nSPS) is 23.5. The summed E-state index contributed by atoms with van der Waals surface area (Å²) in [6, 6.07) is 14.2. The van der Waals surface area contributed by atoms with Gasteiger partial charge < -0.3 is 14.7 Å². The van der Waals surface area contributed by atoms with Crippen LogP contribution in [0.2, 0.25) is 0 Å². The van der Waals surface area contributed by atoms with Crippen LogP contribution in [0.25, 0.3) is 0 Å². The third-order valence-corrected chi connectivity index (χ3v) is 3.87. The minimum Gasteiger partial charge on any atom is -0.497 e. The van der Waals surface area contributed by atoms with Crippen molar-refractivity contribution in [3.63, 3.8) is 0 Å². The van der Waals surface area contributed by atoms with Crippen molar-refractivity contribution in [1.82, 2.24) is 0 Å². The largest absolute Gasteiger partial charge is 0.497 e. The van der Waals surface area contributed by atoms with Crippen molar-refractivity contribution in [3.05, 3.63) is 65.7 Å². The molecule has 0 fully saturated rings. The highest BCUT2D eigenvalue weighted by Gasteiger charge is 2.66. The van der Waals surface area contributed by atoms with Gasteiger partial charge in [-0.2, -0.15) is 13.2 Å². The van der Waals surface area contributed by atoms with Crippen molar-refractivity contribution < 1.29 is 27.9 Å². The van der Waals surface area contributed by atoms with E-state index in [0.29, 0.717) is 11.3 Å². The third-order valence-electron chi connectivity index (χ3n) is 3.87. The molecule has 7 heteroatoms. The predicted molar refractivity (Wildman–Crippen MR) is 80.8 cm³/mol. The van der Waals surface area contributed by atoms with Crippen LogP contribution in [0.15, 0.2) is 59.8 Å². The molecule has 1 aliphatic rings. The summed E-state index contributed by atoms with van der Waals surface area (Å²) in [5.74, 6) is -4.35. The summed E-state index contributed by atoms with van der Waals surface area (Å²) >= 11 is 0. The second-order valence-corrected chi connectivity index (χ2v) is 5.33. The summed E-state index contributed by atoms with van der Waals surface area (Å²) in [7, 11) is 1.49. The first-order valence-corrected chi connectivity index (χ1v) is 7.11. The van der Waals surface area contributed by atoms with E-state index < -0.39 is 17.9 Å². The molecule has 0 radical (unpaired) electrons. The van der Waals surface area contributed by atoms with Crippen LogP contribution in [0.1, 0.15) is 17.0 Å². The van der Waals surface area contributed by atoms with Gasteiger partial charge in [0.2, 0.25) is 0 Å². The Balaban J connectivity index is 2.08. The number of ether oxygens (including phenoxy) is 1. The van der Waals surface area contributed by atoms with E-state index in [1.165, 1.54) is 19.2 Å². The maximum Gasteiger partial charge on any atom is 0.458 e. The molecule has 3 rings (SSSR count). The van der Waals surface area contributed by atoms with Crippen molar-refractivity contribution in [2.45, 2.75) is 17.9 Å². The van der Waals surface area contributed by atoms with Gasteiger partial charge in [0.1, 0.15) is 17.4 Å². The first kappa shape index (κ1) is 16.3. The van der Waals surface area contributed by atoms with E-state index in [0.717, 1.165) is 0 Å². The molecular formula is C17H14F3NO3. The van der Waals surface area contributed by atoms with Gasteiger partial charge in [-0.25, -0.2) is 0 Å². The van der Waals surface area contributed by atoms with Crippen molar-refractivity contribution in [3.8, 4) is 5.75 Å². The van der Waals surface area contributed by atoms with Gasteiger partial charge in [0.15, 0.2) is 0 Å². The number of hydrogen-bond donors (Lipinski definition) is 1. The van der Waals surface area contributed by atoms with Gasteiger partial charge in [0.25, 0.3) is 0 Å². The Morgan fingerprint density at radius 3 is 2.25 bits per heavy atom. The lowest BCUT2D eigenvalue weighted by Crippen LogP contribution is -2.50. The van der Waals surface area contributed by atoms with E-state index in [9.17, 15) is 18.3 Å². The number of halogens is 3. The maximum absolute atomic E-state index is 13.4. The lowest BCUT2D eigenvalue weighted by molar-refractivity contribution is -0.361. The van der Waals surface area contributed by atoms with Gasteiger partial charge in [-0.3, -0.25) is 0 Å². The minimum absolute atomic E-state index is 0.00341. The molecule has 1 heterocycles. The number of rotatable bonds is 3. The molecule has 24 heavy (non-hydrogen) atoms. The standard InChI is InChI=1S/C17H14F3NO3/c1-23-13-9-7-12(8-10-13)15-14(11-5-3-2-4-6-11)16(22,24-21-15)17(18,19)20/h2-10,14,22H,1H3. The Morgan fingerprint density at radius 2 is 1.71 bits per heavy atom. The number of methoxy groups -OCH3 is 1. The van der Waals surface area contributed by atoms with Gasteiger partial charge in [0, 0.05) is 5.56 Å². The van der Waals surface area contributed by atoms with E-state index in [2.05, 4.69) is 9.99 Å². The Bertz CT molecular complexity index is 744. The molecule has 0 amide bonds.